The maximum Gasteiger partial charge on any atom is 0.304 e. The lowest BCUT2D eigenvalue weighted by Crippen LogP contribution is -2.35. The number of hydrogen-bond acceptors (Lipinski definition) is 6. The van der Waals surface area contributed by atoms with E-state index in [2.05, 4.69) is 9.97 Å². The van der Waals surface area contributed by atoms with Gasteiger partial charge in [-0.1, -0.05) is 17.4 Å². The van der Waals surface area contributed by atoms with Crippen LogP contribution >= 0.6 is 11.3 Å². The van der Waals surface area contributed by atoms with Gasteiger partial charge in [0.2, 0.25) is 11.0 Å². The summed E-state index contributed by atoms with van der Waals surface area (Å²) in [5, 5.41) is 9.71. The van der Waals surface area contributed by atoms with Gasteiger partial charge in [-0.2, -0.15) is 4.39 Å². The number of pyridine rings is 1. The minimum absolute atomic E-state index is 0.0710. The monoisotopic (exact) mass is 554 g/mol. The van der Waals surface area contributed by atoms with Crippen molar-refractivity contribution in [2.75, 3.05) is 25.2 Å². The highest BCUT2D eigenvalue weighted by Gasteiger charge is 2.31. The molecule has 5 rings (SSSR count). The second kappa shape index (κ2) is 11.2. The number of hydrogen-bond donors (Lipinski definition) is 1. The third-order valence-corrected chi connectivity index (χ3v) is 8.10. The van der Waals surface area contributed by atoms with E-state index < -0.39 is 28.7 Å². The van der Waals surface area contributed by atoms with Crippen LogP contribution in [0, 0.1) is 22.8 Å². The number of ether oxygens (including phenoxy) is 1. The predicted octanol–water partition coefficient (Wildman–Crippen LogP) is 5.51. The van der Waals surface area contributed by atoms with Gasteiger partial charge in [0.25, 0.3) is 0 Å². The lowest BCUT2D eigenvalue weighted by Gasteiger charge is -2.27. The number of aromatic nitrogens is 3. The van der Waals surface area contributed by atoms with Crippen molar-refractivity contribution in [3.63, 3.8) is 0 Å². The summed E-state index contributed by atoms with van der Waals surface area (Å²) in [5.74, 6) is -2.68. The topological polar surface area (TPSA) is 97.6 Å². The lowest BCUT2D eigenvalue weighted by molar-refractivity contribution is -0.141. The Morgan fingerprint density at radius 3 is 2.72 bits per heavy atom. The normalized spacial score (nSPS) is 15.0. The maximum absolute atomic E-state index is 15.4. The summed E-state index contributed by atoms with van der Waals surface area (Å²) in [7, 11) is 3.34. The van der Waals surface area contributed by atoms with Gasteiger partial charge in [0.15, 0.2) is 5.13 Å². The first-order valence-corrected chi connectivity index (χ1v) is 13.5. The van der Waals surface area contributed by atoms with Crippen LogP contribution in [-0.2, 0) is 21.4 Å². The van der Waals surface area contributed by atoms with Gasteiger partial charge in [0.05, 0.1) is 6.42 Å². The van der Waals surface area contributed by atoms with Crippen molar-refractivity contribution in [3.8, 4) is 22.4 Å². The third kappa shape index (κ3) is 5.69. The standard InChI is InChI=1S/C28H28F2N4O4S/c1-33-8-5-17-12-19(15-31-26(17)33)21-4-3-20(29)14-22(21)24-25(30)39-28(32-24)34(2)27(37)18(13-23(35)36)11-16-6-9-38-10-7-16/h3-5,8,12,14-16,18H,6-7,9-11,13H2,1-2H3,(H,35,36)/t18-/m1/s1. The Morgan fingerprint density at radius 2 is 1.97 bits per heavy atom. The highest BCUT2D eigenvalue weighted by molar-refractivity contribution is 7.14. The highest BCUT2D eigenvalue weighted by atomic mass is 32.1. The van der Waals surface area contributed by atoms with Crippen LogP contribution in [0.3, 0.4) is 0 Å². The third-order valence-electron chi connectivity index (χ3n) is 7.18. The molecule has 0 saturated carbocycles. The van der Waals surface area contributed by atoms with Crippen molar-refractivity contribution in [2.45, 2.75) is 25.7 Å². The van der Waals surface area contributed by atoms with Crippen LogP contribution in [0.25, 0.3) is 33.4 Å². The molecule has 1 atom stereocenters. The number of anilines is 1. The maximum atomic E-state index is 15.4. The molecule has 39 heavy (non-hydrogen) atoms. The molecule has 4 heterocycles. The van der Waals surface area contributed by atoms with Crippen LogP contribution < -0.4 is 4.90 Å². The molecule has 1 aliphatic rings. The molecule has 204 valence electrons. The first-order valence-electron chi connectivity index (χ1n) is 12.7. The Morgan fingerprint density at radius 1 is 1.21 bits per heavy atom. The van der Waals surface area contributed by atoms with E-state index in [1.807, 2.05) is 29.9 Å². The van der Waals surface area contributed by atoms with Crippen molar-refractivity contribution in [2.24, 2.45) is 18.9 Å². The van der Waals surface area contributed by atoms with E-state index in [1.54, 1.807) is 12.3 Å². The van der Waals surface area contributed by atoms with Crippen LogP contribution in [0.4, 0.5) is 13.9 Å². The van der Waals surface area contributed by atoms with E-state index >= 15 is 4.39 Å². The van der Waals surface area contributed by atoms with Crippen LogP contribution in [0.1, 0.15) is 25.7 Å². The van der Waals surface area contributed by atoms with Crippen LogP contribution in [0.15, 0.2) is 42.7 Å². The van der Waals surface area contributed by atoms with E-state index in [0.29, 0.717) is 42.1 Å². The minimum atomic E-state index is -1.08. The summed E-state index contributed by atoms with van der Waals surface area (Å²) in [6.07, 6.45) is 5.12. The number of rotatable bonds is 8. The molecule has 11 heteroatoms. The van der Waals surface area contributed by atoms with E-state index in [4.69, 9.17) is 4.74 Å². The molecule has 1 N–H and O–H groups in total. The van der Waals surface area contributed by atoms with Crippen molar-refractivity contribution >= 4 is 39.4 Å². The fraction of sp³-hybridized carbons (Fsp3) is 0.357. The van der Waals surface area contributed by atoms with Gasteiger partial charge in [0.1, 0.15) is 17.2 Å². The molecular formula is C28H28F2N4O4S. The van der Waals surface area contributed by atoms with Crippen LogP contribution in [-0.4, -0.2) is 51.8 Å². The van der Waals surface area contributed by atoms with Gasteiger partial charge in [0, 0.05) is 62.1 Å². The van der Waals surface area contributed by atoms with Gasteiger partial charge in [-0.15, -0.1) is 0 Å². The molecule has 0 bridgehead atoms. The molecule has 1 saturated heterocycles. The number of thiazole rings is 1. The highest BCUT2D eigenvalue weighted by Crippen LogP contribution is 2.39. The van der Waals surface area contributed by atoms with Crippen molar-refractivity contribution < 1.29 is 28.2 Å². The van der Waals surface area contributed by atoms with Crippen LogP contribution in [0.2, 0.25) is 0 Å². The van der Waals surface area contributed by atoms with Gasteiger partial charge in [-0.25, -0.2) is 14.4 Å². The first kappa shape index (κ1) is 26.9. The zero-order valence-electron chi connectivity index (χ0n) is 21.6. The Hall–Kier alpha value is -3.70. The molecule has 1 aromatic carbocycles. The second-order valence-electron chi connectivity index (χ2n) is 9.86. The average Bonchev–Trinajstić information content (AvgIpc) is 3.49. The fourth-order valence-electron chi connectivity index (χ4n) is 5.10. The summed E-state index contributed by atoms with van der Waals surface area (Å²) < 4.78 is 37.0. The molecule has 1 aliphatic heterocycles. The summed E-state index contributed by atoms with van der Waals surface area (Å²) in [6.45, 7) is 1.16. The number of halogens is 2. The molecule has 1 fully saturated rings. The Labute approximate surface area is 227 Å². The number of fused-ring (bicyclic) bond motifs is 1. The summed E-state index contributed by atoms with van der Waals surface area (Å²) in [4.78, 5) is 35.0. The molecule has 3 aromatic heterocycles. The van der Waals surface area contributed by atoms with E-state index in [9.17, 15) is 19.1 Å². The molecule has 0 radical (unpaired) electrons. The molecule has 0 spiro atoms. The van der Waals surface area contributed by atoms with Gasteiger partial charge in [-0.3, -0.25) is 14.5 Å². The SMILES string of the molecule is CN(C(=O)[C@@H](CC(=O)O)CC1CCOCC1)c1nc(-c2cc(F)ccc2-c2cnc3c(ccn3C)c2)c(F)s1. The molecule has 8 nitrogen and oxygen atoms in total. The first-order chi connectivity index (χ1) is 18.7. The molecular weight excluding hydrogens is 526 g/mol. The van der Waals surface area contributed by atoms with Crippen molar-refractivity contribution in [3.05, 3.63) is 53.7 Å². The summed E-state index contributed by atoms with van der Waals surface area (Å²) >= 11 is 0.662. The molecule has 1 amide bonds. The number of aryl methyl sites for hydroxylation is 1. The van der Waals surface area contributed by atoms with Gasteiger partial charge in [-0.05, 0) is 55.0 Å². The zero-order valence-corrected chi connectivity index (χ0v) is 22.4. The number of nitrogens with zero attached hydrogens (tertiary/aromatic N) is 4. The number of benzene rings is 1. The summed E-state index contributed by atoms with van der Waals surface area (Å²) in [6, 6.07) is 7.87. The smallest absolute Gasteiger partial charge is 0.304 e. The lowest BCUT2D eigenvalue weighted by atomic mass is 9.86. The fourth-order valence-corrected chi connectivity index (χ4v) is 5.88. The van der Waals surface area contributed by atoms with E-state index in [1.165, 1.54) is 24.1 Å². The molecule has 0 aliphatic carbocycles. The van der Waals surface area contributed by atoms with Crippen LogP contribution in [0.5, 0.6) is 0 Å². The second-order valence-corrected chi connectivity index (χ2v) is 10.8. The number of carbonyl (C=O) groups is 2. The van der Waals surface area contributed by atoms with E-state index in [-0.39, 0.29) is 28.7 Å². The van der Waals surface area contributed by atoms with E-state index in [0.717, 1.165) is 23.9 Å². The largest absolute Gasteiger partial charge is 0.481 e. The number of carboxylic acid groups (broad SMARTS) is 1. The van der Waals surface area contributed by atoms with Crippen molar-refractivity contribution in [1.82, 2.24) is 14.5 Å². The Bertz CT molecular complexity index is 1530. The Balaban J connectivity index is 1.46. The number of carboxylic acids is 1. The summed E-state index contributed by atoms with van der Waals surface area (Å²) in [5.41, 5.74) is 2.14. The number of aliphatic carboxylic acids is 1. The zero-order chi connectivity index (χ0) is 27.7. The average molecular weight is 555 g/mol. The quantitative estimate of drug-likeness (QED) is 0.308. The van der Waals surface area contributed by atoms with Gasteiger partial charge >= 0.3 is 5.97 Å². The number of amides is 1. The minimum Gasteiger partial charge on any atom is -0.481 e. The Kier molecular flexibility index (Phi) is 7.72. The number of carbonyl (C=O) groups excluding carboxylic acids is 1. The molecule has 0 unspecified atom stereocenters. The molecule has 4 aromatic rings. The predicted molar refractivity (Wildman–Crippen MR) is 144 cm³/mol. The van der Waals surface area contributed by atoms with Crippen molar-refractivity contribution in [1.29, 1.82) is 0 Å². The van der Waals surface area contributed by atoms with Gasteiger partial charge < -0.3 is 14.4 Å².